The summed E-state index contributed by atoms with van der Waals surface area (Å²) >= 11 is 0. The van der Waals surface area contributed by atoms with Gasteiger partial charge < -0.3 is 18.1 Å². The molecule has 0 amide bonds. The molecule has 84 heavy (non-hydrogen) atoms. The van der Waals surface area contributed by atoms with Crippen LogP contribution in [0, 0.1) is 0 Å². The average molecular weight is 1180 g/mol. The van der Waals surface area contributed by atoms with Gasteiger partial charge in [-0.25, -0.2) is 9.13 Å². The fourth-order valence-corrected chi connectivity index (χ4v) is 15.5. The van der Waals surface area contributed by atoms with Crippen LogP contribution in [0.15, 0.2) is 97.1 Å². The first-order chi connectivity index (χ1) is 40.9. The largest absolute Gasteiger partial charge is 0.462 e. The number of rotatable bonds is 39. The average Bonchev–Trinajstić information content (AvgIpc) is 3.48. The van der Waals surface area contributed by atoms with Gasteiger partial charge in [0, 0.05) is 0 Å². The van der Waals surface area contributed by atoms with E-state index in [1.54, 1.807) is 0 Å². The number of benzene rings is 6. The third-order valence-electron chi connectivity index (χ3n) is 16.6. The van der Waals surface area contributed by atoms with Crippen molar-refractivity contribution < 1.29 is 27.2 Å². The molecule has 6 aromatic rings. The smallest absolute Gasteiger partial charge is 0.412 e. The van der Waals surface area contributed by atoms with Gasteiger partial charge in [0.25, 0.3) is 0 Å². The Balaban J connectivity index is 1.55. The molecule has 6 aromatic carbocycles. The lowest BCUT2D eigenvalue weighted by molar-refractivity contribution is 0.389. The van der Waals surface area contributed by atoms with Gasteiger partial charge in [-0.15, -0.1) is 0 Å². The summed E-state index contributed by atoms with van der Waals surface area (Å²) in [6.07, 6.45) is 26.3. The highest BCUT2D eigenvalue weighted by Crippen LogP contribution is 2.55. The van der Waals surface area contributed by atoms with Crippen LogP contribution in [0.4, 0.5) is 0 Å². The lowest BCUT2D eigenvalue weighted by Gasteiger charge is -2.28. The minimum atomic E-state index is -4.15. The highest BCUT2D eigenvalue weighted by atomic mass is 31.2. The van der Waals surface area contributed by atoms with Crippen molar-refractivity contribution in [2.24, 2.45) is 0 Å². The molecule has 0 fully saturated rings. The molecule has 458 valence electrons. The second-order valence-corrected chi connectivity index (χ2v) is 27.4. The van der Waals surface area contributed by atoms with E-state index >= 15 is 9.13 Å². The quantitative estimate of drug-likeness (QED) is 0.0358. The van der Waals surface area contributed by atoms with E-state index in [4.69, 9.17) is 18.1 Å². The summed E-state index contributed by atoms with van der Waals surface area (Å²) in [5.41, 5.74) is 15.8. The van der Waals surface area contributed by atoms with Crippen molar-refractivity contribution >= 4 is 25.8 Å². The molecule has 0 bridgehead atoms. The Morgan fingerprint density at radius 3 is 0.631 bits per heavy atom. The van der Waals surface area contributed by atoms with E-state index in [1.807, 2.05) is 48.5 Å². The van der Waals surface area contributed by atoms with Crippen molar-refractivity contribution in [1.29, 1.82) is 0 Å². The van der Waals surface area contributed by atoms with Gasteiger partial charge >= 0.3 is 15.2 Å². The maximum atomic E-state index is 16.7. The molecule has 0 saturated heterocycles. The molecule has 6 rings (SSSR count). The highest BCUT2D eigenvalue weighted by Gasteiger charge is 2.38. The van der Waals surface area contributed by atoms with E-state index in [0.29, 0.717) is 10.6 Å². The first-order valence-electron chi connectivity index (χ1n) is 33.6. The summed E-state index contributed by atoms with van der Waals surface area (Å²) in [6, 6.07) is 34.0. The Morgan fingerprint density at radius 1 is 0.238 bits per heavy atom. The molecule has 0 aliphatic rings. The van der Waals surface area contributed by atoms with Gasteiger partial charge in [0.2, 0.25) is 0 Å². The van der Waals surface area contributed by atoms with Crippen LogP contribution in [-0.4, -0.2) is 0 Å². The van der Waals surface area contributed by atoms with Crippen LogP contribution in [0.25, 0.3) is 11.1 Å². The van der Waals surface area contributed by atoms with Crippen LogP contribution in [0.3, 0.4) is 0 Å². The number of unbranched alkanes of at least 4 members (excludes halogenated alkanes) is 4. The van der Waals surface area contributed by atoms with E-state index in [-0.39, 0.29) is 0 Å². The summed E-state index contributed by atoms with van der Waals surface area (Å²) in [5, 5.41) is 1.03. The van der Waals surface area contributed by atoms with Crippen LogP contribution in [-0.2, 0) is 86.2 Å². The third kappa shape index (κ3) is 17.6. The summed E-state index contributed by atoms with van der Waals surface area (Å²) in [5.74, 6) is 2.94. The van der Waals surface area contributed by atoms with E-state index in [1.165, 1.54) is 22.3 Å². The van der Waals surface area contributed by atoms with Crippen LogP contribution in [0.5, 0.6) is 23.0 Å². The second kappa shape index (κ2) is 35.0. The second-order valence-electron chi connectivity index (χ2n) is 23.6. The zero-order valence-electron chi connectivity index (χ0n) is 54.4. The minimum absolute atomic E-state index is 0.517. The molecule has 6 nitrogen and oxygen atoms in total. The first kappa shape index (κ1) is 68.1. The minimum Gasteiger partial charge on any atom is -0.412 e. The molecule has 0 radical (unpaired) electrons. The van der Waals surface area contributed by atoms with Gasteiger partial charge in [-0.1, -0.05) is 233 Å². The van der Waals surface area contributed by atoms with Gasteiger partial charge in [-0.2, -0.15) is 0 Å². The molecule has 0 unspecified atom stereocenters. The van der Waals surface area contributed by atoms with Crippen molar-refractivity contribution in [3.05, 3.63) is 164 Å². The maximum absolute atomic E-state index is 16.7. The molecular weight excluding hydrogens is 1070 g/mol. The summed E-state index contributed by atoms with van der Waals surface area (Å²) in [6.45, 7) is 26.7. The zero-order valence-corrected chi connectivity index (χ0v) is 56.2. The standard InChI is InChI=1S/C76H108O6P2/c1-13-25-37-63-45-41-59(29-17-5)69(33-21-9)73(63)79-83(77,80-74-64(38-26-14-2)46-42-60(30-18-6)70(74)34-22-10)67-53-49-57(50-54-67)58-51-55-68(56-52-58)84(78,81-75-65(39-27-15-3)47-43-61(31-19-7)71(75)35-23-11)82-76-66(40-28-16-4)48-44-62(32-20-8)72(76)36-24-12/h41-56H,13-40H2,1-12H3. The van der Waals surface area contributed by atoms with Gasteiger partial charge in [0.1, 0.15) is 23.0 Å². The molecule has 0 atom stereocenters. The van der Waals surface area contributed by atoms with Crippen LogP contribution < -0.4 is 28.7 Å². The van der Waals surface area contributed by atoms with Crippen molar-refractivity contribution in [3.63, 3.8) is 0 Å². The number of hydrogen-bond donors (Lipinski definition) is 0. The number of hydrogen-bond acceptors (Lipinski definition) is 6. The predicted octanol–water partition coefficient (Wildman–Crippen LogP) is 22.3. The van der Waals surface area contributed by atoms with Crippen molar-refractivity contribution in [2.75, 3.05) is 0 Å². The Hall–Kier alpha value is -5.02. The van der Waals surface area contributed by atoms with Crippen LogP contribution in [0.2, 0.25) is 0 Å². The summed E-state index contributed by atoms with van der Waals surface area (Å²) < 4.78 is 62.5. The van der Waals surface area contributed by atoms with Gasteiger partial charge in [0.05, 0.1) is 10.6 Å². The monoisotopic (exact) mass is 1180 g/mol. The molecule has 0 aliphatic carbocycles. The Bertz CT molecular complexity index is 2700. The lowest BCUT2D eigenvalue weighted by atomic mass is 9.94. The lowest BCUT2D eigenvalue weighted by Crippen LogP contribution is -2.18. The molecule has 0 N–H and O–H groups in total. The molecular formula is C76H108O6P2. The third-order valence-corrected chi connectivity index (χ3v) is 20.1. The highest BCUT2D eigenvalue weighted by molar-refractivity contribution is 7.63. The van der Waals surface area contributed by atoms with Gasteiger partial charge in [-0.3, -0.25) is 0 Å². The summed E-state index contributed by atoms with van der Waals surface area (Å²) in [7, 11) is -8.30. The maximum Gasteiger partial charge on any atom is 0.462 e. The first-order valence-corrected chi connectivity index (χ1v) is 36.7. The molecule has 0 aromatic heterocycles. The van der Waals surface area contributed by atoms with Crippen molar-refractivity contribution in [2.45, 2.75) is 263 Å². The van der Waals surface area contributed by atoms with E-state index in [0.717, 1.165) is 258 Å². The fourth-order valence-electron chi connectivity index (χ4n) is 12.1. The zero-order chi connectivity index (χ0) is 60.5. The molecule has 0 aliphatic heterocycles. The van der Waals surface area contributed by atoms with E-state index in [9.17, 15) is 0 Å². The van der Waals surface area contributed by atoms with Crippen molar-refractivity contribution in [1.82, 2.24) is 0 Å². The van der Waals surface area contributed by atoms with E-state index in [2.05, 4.69) is 132 Å². The Morgan fingerprint density at radius 2 is 0.440 bits per heavy atom. The Labute approximate surface area is 511 Å². The molecule has 0 saturated carbocycles. The normalized spacial score (nSPS) is 11.8. The van der Waals surface area contributed by atoms with Crippen LogP contribution >= 0.6 is 15.2 Å². The number of aryl methyl sites for hydroxylation is 8. The molecule has 0 spiro atoms. The Kier molecular flexibility index (Phi) is 28.3. The molecule has 8 heteroatoms. The van der Waals surface area contributed by atoms with Gasteiger partial charge in [-0.05, 0) is 205 Å². The molecule has 0 heterocycles. The SMILES string of the molecule is CCCCc1ccc(CCC)c(CCC)c1OP(=O)(Oc1c(CCCC)ccc(CCC)c1CCC)c1ccc(-c2ccc(P(=O)(Oc3c(CCCC)ccc(CCC)c3CCC)Oc3c(CCCC)ccc(CCC)c3CCC)cc2)cc1. The topological polar surface area (TPSA) is 71.1 Å². The van der Waals surface area contributed by atoms with Crippen molar-refractivity contribution in [3.8, 4) is 34.1 Å². The van der Waals surface area contributed by atoms with Gasteiger partial charge in [0.15, 0.2) is 0 Å². The summed E-state index contributed by atoms with van der Waals surface area (Å²) in [4.78, 5) is 0. The van der Waals surface area contributed by atoms with E-state index < -0.39 is 15.2 Å². The predicted molar refractivity (Wildman–Crippen MR) is 361 cm³/mol. The van der Waals surface area contributed by atoms with Crippen LogP contribution in [0.1, 0.15) is 253 Å². The fraction of sp³-hybridized carbons (Fsp3) is 0.526.